The molecule has 0 spiro atoms. The van der Waals surface area contributed by atoms with Gasteiger partial charge in [0, 0.05) is 5.39 Å². The Bertz CT molecular complexity index is 918. The van der Waals surface area contributed by atoms with Gasteiger partial charge in [-0.05, 0) is 42.5 Å². The molecule has 1 aromatic heterocycles. The average Bonchev–Trinajstić information content (AvgIpc) is 3.04. The van der Waals surface area contributed by atoms with Gasteiger partial charge in [-0.1, -0.05) is 41.6 Å². The Labute approximate surface area is 145 Å². The summed E-state index contributed by atoms with van der Waals surface area (Å²) >= 11 is 0. The van der Waals surface area contributed by atoms with Gasteiger partial charge in [0.05, 0.1) is 13.0 Å². The van der Waals surface area contributed by atoms with E-state index in [1.165, 1.54) is 0 Å². The highest BCUT2D eigenvalue weighted by molar-refractivity contribution is 5.86. The molecule has 3 aromatic rings. The van der Waals surface area contributed by atoms with Crippen molar-refractivity contribution in [3.05, 3.63) is 65.4 Å². The van der Waals surface area contributed by atoms with Gasteiger partial charge in [-0.25, -0.2) is 0 Å². The smallest absolute Gasteiger partial charge is 0.226 e. The third kappa shape index (κ3) is 3.03. The summed E-state index contributed by atoms with van der Waals surface area (Å²) in [6.45, 7) is 0.207. The predicted molar refractivity (Wildman–Crippen MR) is 94.0 cm³/mol. The maximum absolute atomic E-state index is 12.3. The van der Waals surface area contributed by atoms with Gasteiger partial charge in [0.2, 0.25) is 5.91 Å². The second kappa shape index (κ2) is 6.33. The molecule has 5 nitrogen and oxygen atoms in total. The van der Waals surface area contributed by atoms with Crippen LogP contribution in [0.4, 0.5) is 0 Å². The van der Waals surface area contributed by atoms with Crippen LogP contribution in [0.2, 0.25) is 0 Å². The Morgan fingerprint density at radius 1 is 1.20 bits per heavy atom. The predicted octanol–water partition coefficient (Wildman–Crippen LogP) is 2.71. The van der Waals surface area contributed by atoms with E-state index in [4.69, 9.17) is 4.52 Å². The number of aryl methyl sites for hydroxylation is 1. The number of nitrogens with one attached hydrogen (secondary N) is 1. The van der Waals surface area contributed by atoms with Crippen LogP contribution in [0.15, 0.2) is 53.1 Å². The largest absolute Gasteiger partial charge is 0.383 e. The number of nitrogens with zero attached hydrogens (tertiary/aromatic N) is 1. The van der Waals surface area contributed by atoms with Crippen LogP contribution in [0.3, 0.4) is 0 Å². The van der Waals surface area contributed by atoms with Crippen LogP contribution in [0.5, 0.6) is 0 Å². The molecule has 2 N–H and O–H groups in total. The van der Waals surface area contributed by atoms with E-state index in [9.17, 15) is 9.90 Å². The molecule has 0 fully saturated rings. The van der Waals surface area contributed by atoms with E-state index in [2.05, 4.69) is 10.5 Å². The molecule has 1 amide bonds. The van der Waals surface area contributed by atoms with E-state index in [0.717, 1.165) is 29.4 Å². The normalized spacial score (nSPS) is 19.6. The highest BCUT2D eigenvalue weighted by Crippen LogP contribution is 2.34. The van der Waals surface area contributed by atoms with Crippen molar-refractivity contribution in [2.24, 2.45) is 0 Å². The number of benzene rings is 2. The Kier molecular flexibility index (Phi) is 4.01. The first-order valence-corrected chi connectivity index (χ1v) is 8.56. The molecular weight excluding hydrogens is 316 g/mol. The lowest BCUT2D eigenvalue weighted by atomic mass is 9.79. The average molecular weight is 336 g/mol. The van der Waals surface area contributed by atoms with Crippen molar-refractivity contribution >= 4 is 16.9 Å². The lowest BCUT2D eigenvalue weighted by Gasteiger charge is -2.34. The molecule has 0 aliphatic heterocycles. The number of fused-ring (bicyclic) bond motifs is 2. The molecule has 2 aromatic carbocycles. The number of amides is 1. The van der Waals surface area contributed by atoms with E-state index in [1.54, 1.807) is 0 Å². The summed E-state index contributed by atoms with van der Waals surface area (Å²) in [4.78, 5) is 12.3. The fourth-order valence-electron chi connectivity index (χ4n) is 3.61. The number of para-hydroxylation sites is 1. The molecular formula is C20H20N2O3. The minimum atomic E-state index is -1.00. The number of hydrogen-bond acceptors (Lipinski definition) is 4. The molecule has 0 saturated carbocycles. The van der Waals surface area contributed by atoms with E-state index in [0.29, 0.717) is 17.7 Å². The van der Waals surface area contributed by atoms with Crippen molar-refractivity contribution < 1.29 is 14.4 Å². The summed E-state index contributed by atoms with van der Waals surface area (Å²) < 4.78 is 5.23. The van der Waals surface area contributed by atoms with Crippen molar-refractivity contribution in [3.8, 4) is 0 Å². The van der Waals surface area contributed by atoms with Crippen LogP contribution in [0.1, 0.15) is 29.7 Å². The lowest BCUT2D eigenvalue weighted by molar-refractivity contribution is -0.122. The Morgan fingerprint density at radius 3 is 2.92 bits per heavy atom. The summed E-state index contributed by atoms with van der Waals surface area (Å²) in [5.74, 6) is -0.171. The minimum Gasteiger partial charge on any atom is -0.383 e. The summed E-state index contributed by atoms with van der Waals surface area (Å²) in [7, 11) is 0. The van der Waals surface area contributed by atoms with Crippen molar-refractivity contribution in [2.45, 2.75) is 31.3 Å². The third-order valence-electron chi connectivity index (χ3n) is 4.91. The second-order valence-corrected chi connectivity index (χ2v) is 6.62. The van der Waals surface area contributed by atoms with Crippen LogP contribution in [-0.2, 0) is 23.2 Å². The first kappa shape index (κ1) is 15.8. The first-order valence-electron chi connectivity index (χ1n) is 8.56. The van der Waals surface area contributed by atoms with Gasteiger partial charge in [0.1, 0.15) is 11.3 Å². The molecule has 1 aliphatic carbocycles. The van der Waals surface area contributed by atoms with E-state index >= 15 is 0 Å². The molecule has 128 valence electrons. The summed E-state index contributed by atoms with van der Waals surface area (Å²) in [6.07, 6.45) is 2.67. The van der Waals surface area contributed by atoms with Gasteiger partial charge >= 0.3 is 0 Å². The van der Waals surface area contributed by atoms with Crippen molar-refractivity contribution in [3.63, 3.8) is 0 Å². The van der Waals surface area contributed by atoms with Gasteiger partial charge < -0.3 is 14.9 Å². The molecule has 0 unspecified atom stereocenters. The van der Waals surface area contributed by atoms with Gasteiger partial charge in [-0.2, -0.15) is 0 Å². The summed E-state index contributed by atoms with van der Waals surface area (Å²) in [6, 6.07) is 15.4. The minimum absolute atomic E-state index is 0.134. The van der Waals surface area contributed by atoms with Crippen LogP contribution in [0.25, 0.3) is 11.0 Å². The monoisotopic (exact) mass is 336 g/mol. The molecule has 1 atom stereocenters. The van der Waals surface area contributed by atoms with Crippen LogP contribution in [0, 0.1) is 0 Å². The number of carbonyl (C=O) groups excluding carboxylic acids is 1. The molecule has 1 heterocycles. The highest BCUT2D eigenvalue weighted by Gasteiger charge is 2.34. The molecule has 0 radical (unpaired) electrons. The van der Waals surface area contributed by atoms with E-state index in [1.807, 2.05) is 48.5 Å². The first-order chi connectivity index (χ1) is 12.2. The zero-order chi connectivity index (χ0) is 17.3. The standard InChI is InChI=1S/C20H20N2O3/c23-19(12-17-15-8-2-4-10-18(15)25-22-17)21-13-20(24)11-5-7-14-6-1-3-9-16(14)20/h1-4,6,8-10,24H,5,7,11-13H2,(H,21,23)/t20-/m1/s1. The van der Waals surface area contributed by atoms with Gasteiger partial charge in [-0.3, -0.25) is 4.79 Å². The number of rotatable bonds is 4. The van der Waals surface area contributed by atoms with Crippen molar-refractivity contribution in [2.75, 3.05) is 6.54 Å². The highest BCUT2D eigenvalue weighted by atomic mass is 16.5. The number of aliphatic hydroxyl groups is 1. The van der Waals surface area contributed by atoms with Crippen molar-refractivity contribution in [1.82, 2.24) is 10.5 Å². The molecule has 25 heavy (non-hydrogen) atoms. The van der Waals surface area contributed by atoms with Gasteiger partial charge in [0.25, 0.3) is 0 Å². The Morgan fingerprint density at radius 2 is 2.00 bits per heavy atom. The SMILES string of the molecule is O=C(Cc1noc2ccccc12)NC[C@]1(O)CCCc2ccccc21. The fraction of sp³-hybridized carbons (Fsp3) is 0.300. The Balaban J connectivity index is 1.46. The summed E-state index contributed by atoms with van der Waals surface area (Å²) in [5, 5.41) is 18.7. The molecule has 1 aliphatic rings. The number of carbonyl (C=O) groups is 1. The van der Waals surface area contributed by atoms with E-state index < -0.39 is 5.60 Å². The zero-order valence-electron chi connectivity index (χ0n) is 13.9. The number of aromatic nitrogens is 1. The molecule has 5 heteroatoms. The summed E-state index contributed by atoms with van der Waals surface area (Å²) in [5.41, 5.74) is 2.37. The van der Waals surface area contributed by atoms with Crippen LogP contribution >= 0.6 is 0 Å². The van der Waals surface area contributed by atoms with Crippen LogP contribution < -0.4 is 5.32 Å². The topological polar surface area (TPSA) is 75.4 Å². The number of hydrogen-bond donors (Lipinski definition) is 2. The molecule has 4 rings (SSSR count). The van der Waals surface area contributed by atoms with Gasteiger partial charge in [-0.15, -0.1) is 0 Å². The lowest BCUT2D eigenvalue weighted by Crippen LogP contribution is -2.43. The zero-order valence-corrected chi connectivity index (χ0v) is 13.9. The Hall–Kier alpha value is -2.66. The van der Waals surface area contributed by atoms with Crippen LogP contribution in [-0.4, -0.2) is 22.7 Å². The quantitative estimate of drug-likeness (QED) is 0.768. The second-order valence-electron chi connectivity index (χ2n) is 6.62. The maximum atomic E-state index is 12.3. The maximum Gasteiger partial charge on any atom is 0.226 e. The third-order valence-corrected chi connectivity index (χ3v) is 4.91. The van der Waals surface area contributed by atoms with Crippen molar-refractivity contribution in [1.29, 1.82) is 0 Å². The van der Waals surface area contributed by atoms with Gasteiger partial charge in [0.15, 0.2) is 5.58 Å². The molecule has 0 bridgehead atoms. The fourth-order valence-corrected chi connectivity index (χ4v) is 3.61. The van der Waals surface area contributed by atoms with E-state index in [-0.39, 0.29) is 18.9 Å². The molecule has 0 saturated heterocycles.